The molecule has 0 saturated carbocycles. The van der Waals surface area contributed by atoms with Gasteiger partial charge >= 0.3 is 5.97 Å². The molecule has 2 nitrogen and oxygen atoms in total. The Morgan fingerprint density at radius 1 is 1.50 bits per heavy atom. The molecule has 14 heavy (non-hydrogen) atoms. The van der Waals surface area contributed by atoms with Crippen molar-refractivity contribution in [2.75, 3.05) is 7.11 Å². The van der Waals surface area contributed by atoms with Gasteiger partial charge in [-0.1, -0.05) is 36.4 Å². The minimum absolute atomic E-state index is 0.371. The number of ether oxygens (including phenoxy) is 1. The maximum Gasteiger partial charge on any atom is 0.346 e. The highest BCUT2D eigenvalue weighted by molar-refractivity contribution is 6.16. The lowest BCUT2D eigenvalue weighted by molar-refractivity contribution is -0.133. The molecule has 0 aliphatic rings. The molecule has 1 aromatic rings. The number of esters is 1. The molecule has 0 unspecified atom stereocenters. The van der Waals surface area contributed by atoms with E-state index in [1.54, 1.807) is 0 Å². The molecule has 0 aliphatic carbocycles. The van der Waals surface area contributed by atoms with Crippen LogP contribution < -0.4 is 0 Å². The first kappa shape index (κ1) is 10.3. The molecule has 0 amide bonds. The van der Waals surface area contributed by atoms with Crippen LogP contribution in [-0.4, -0.2) is 13.1 Å². The van der Waals surface area contributed by atoms with E-state index in [9.17, 15) is 4.79 Å². The first-order valence-corrected chi connectivity index (χ1v) is 4.24. The zero-order valence-corrected chi connectivity index (χ0v) is 8.33. The first-order valence-electron chi connectivity index (χ1n) is 4.24. The summed E-state index contributed by atoms with van der Waals surface area (Å²) in [5, 5.41) is 0. The second kappa shape index (κ2) is 4.45. The van der Waals surface area contributed by atoms with Crippen LogP contribution in [0.3, 0.4) is 0 Å². The van der Waals surface area contributed by atoms with E-state index in [-0.39, 0.29) is 0 Å². The topological polar surface area (TPSA) is 26.3 Å². The number of carbonyl (C=O) groups excluding carboxylic acids is 1. The Morgan fingerprint density at radius 3 is 2.71 bits per heavy atom. The Hall–Kier alpha value is -1.79. The van der Waals surface area contributed by atoms with Crippen molar-refractivity contribution in [2.24, 2.45) is 0 Å². The minimum atomic E-state index is -0.411. The number of methoxy groups -OCH3 is 1. The number of hydrogen-bond acceptors (Lipinski definition) is 2. The van der Waals surface area contributed by atoms with Gasteiger partial charge in [-0.05, 0) is 12.5 Å². The van der Waals surface area contributed by atoms with Crippen molar-refractivity contribution in [1.82, 2.24) is 0 Å². The fourth-order valence-electron chi connectivity index (χ4n) is 1.19. The second-order valence-electron chi connectivity index (χ2n) is 2.91. The maximum absolute atomic E-state index is 11.3. The van der Waals surface area contributed by atoms with Crippen LogP contribution in [0.15, 0.2) is 36.6 Å². The summed E-state index contributed by atoms with van der Waals surface area (Å²) in [4.78, 5) is 11.3. The molecule has 0 radical (unpaired) electrons. The Bertz CT molecular complexity index is 399. The van der Waals surface area contributed by atoms with Gasteiger partial charge < -0.3 is 4.74 Å². The van der Waals surface area contributed by atoms with Crippen LogP contribution in [0.2, 0.25) is 0 Å². The average Bonchev–Trinajstić information content (AvgIpc) is 2.19. The highest BCUT2D eigenvalue weighted by Gasteiger charge is 2.10. The fourth-order valence-corrected chi connectivity index (χ4v) is 1.19. The van der Waals surface area contributed by atoms with Gasteiger partial charge in [0.05, 0.1) is 7.11 Å². The Labute approximate surface area is 83.5 Å². The zero-order chi connectivity index (χ0) is 10.6. The molecule has 0 heterocycles. The molecule has 0 bridgehead atoms. The van der Waals surface area contributed by atoms with E-state index in [1.807, 2.05) is 31.2 Å². The summed E-state index contributed by atoms with van der Waals surface area (Å²) in [6.45, 7) is 5.43. The van der Waals surface area contributed by atoms with Crippen LogP contribution >= 0.6 is 0 Å². The fraction of sp³-hybridized carbons (Fsp3) is 0.167. The molecule has 0 N–H and O–H groups in total. The molecule has 0 aliphatic heterocycles. The largest absolute Gasteiger partial charge is 0.465 e. The molecule has 0 aromatic heterocycles. The Morgan fingerprint density at radius 2 is 2.21 bits per heavy atom. The van der Waals surface area contributed by atoms with Crippen LogP contribution in [-0.2, 0) is 9.53 Å². The van der Waals surface area contributed by atoms with Crippen molar-refractivity contribution in [2.45, 2.75) is 6.92 Å². The van der Waals surface area contributed by atoms with E-state index in [1.165, 1.54) is 7.11 Å². The summed E-state index contributed by atoms with van der Waals surface area (Å²) in [5.41, 5.74) is 4.83. The molecule has 0 fully saturated rings. The third kappa shape index (κ3) is 2.12. The standard InChI is InChI=1S/C12H12O2/c1-4-11(12(13)14-3)10-7-5-6-9(2)8-10/h5-8H,1H2,2-3H3. The van der Waals surface area contributed by atoms with Gasteiger partial charge in [0.15, 0.2) is 0 Å². The number of rotatable bonds is 2. The summed E-state index contributed by atoms with van der Waals surface area (Å²) < 4.78 is 4.62. The molecule has 1 aromatic carbocycles. The van der Waals surface area contributed by atoms with Gasteiger partial charge in [0.1, 0.15) is 5.57 Å². The third-order valence-electron chi connectivity index (χ3n) is 1.87. The molecule has 0 spiro atoms. The van der Waals surface area contributed by atoms with Gasteiger partial charge in [-0.25, -0.2) is 4.79 Å². The number of benzene rings is 1. The highest BCUT2D eigenvalue weighted by atomic mass is 16.5. The second-order valence-corrected chi connectivity index (χ2v) is 2.91. The summed E-state index contributed by atoms with van der Waals surface area (Å²) >= 11 is 0. The average molecular weight is 188 g/mol. The van der Waals surface area contributed by atoms with Crippen molar-refractivity contribution in [3.8, 4) is 0 Å². The zero-order valence-electron chi connectivity index (χ0n) is 8.33. The van der Waals surface area contributed by atoms with E-state index < -0.39 is 5.97 Å². The quantitative estimate of drug-likeness (QED) is 0.404. The van der Waals surface area contributed by atoms with Crippen LogP contribution in [0.4, 0.5) is 0 Å². The lowest BCUT2D eigenvalue weighted by atomic mass is 10.0. The van der Waals surface area contributed by atoms with Crippen LogP contribution in [0.1, 0.15) is 11.1 Å². The first-order chi connectivity index (χ1) is 6.69. The van der Waals surface area contributed by atoms with E-state index in [0.29, 0.717) is 5.57 Å². The third-order valence-corrected chi connectivity index (χ3v) is 1.87. The van der Waals surface area contributed by atoms with Crippen molar-refractivity contribution in [3.63, 3.8) is 0 Å². The van der Waals surface area contributed by atoms with Gasteiger partial charge in [-0.3, -0.25) is 0 Å². The van der Waals surface area contributed by atoms with E-state index in [2.05, 4.69) is 17.0 Å². The molecule has 1 rings (SSSR count). The molecule has 72 valence electrons. The van der Waals surface area contributed by atoms with Crippen molar-refractivity contribution in [1.29, 1.82) is 0 Å². The summed E-state index contributed by atoms with van der Waals surface area (Å²) in [6.07, 6.45) is 0. The van der Waals surface area contributed by atoms with Crippen LogP contribution in [0.25, 0.3) is 5.57 Å². The van der Waals surface area contributed by atoms with Crippen molar-refractivity contribution >= 4 is 11.5 Å². The van der Waals surface area contributed by atoms with Gasteiger partial charge in [0, 0.05) is 0 Å². The van der Waals surface area contributed by atoms with E-state index >= 15 is 0 Å². The summed E-state index contributed by atoms with van der Waals surface area (Å²) in [6, 6.07) is 7.56. The molecular formula is C12H12O2. The number of carbonyl (C=O) groups is 1. The monoisotopic (exact) mass is 188 g/mol. The van der Waals surface area contributed by atoms with Crippen LogP contribution in [0, 0.1) is 6.92 Å². The van der Waals surface area contributed by atoms with Gasteiger partial charge in [0.2, 0.25) is 0 Å². The normalized spacial score (nSPS) is 9.00. The summed E-state index contributed by atoms with van der Waals surface area (Å²) in [5.74, 6) is -0.411. The Balaban J connectivity index is 3.15. The van der Waals surface area contributed by atoms with Crippen LogP contribution in [0.5, 0.6) is 0 Å². The number of hydrogen-bond donors (Lipinski definition) is 0. The van der Waals surface area contributed by atoms with Crippen molar-refractivity contribution < 1.29 is 9.53 Å². The predicted molar refractivity (Wildman–Crippen MR) is 55.7 cm³/mol. The van der Waals surface area contributed by atoms with Gasteiger partial charge in [-0.15, -0.1) is 5.73 Å². The number of aryl methyl sites for hydroxylation is 1. The summed E-state index contributed by atoms with van der Waals surface area (Å²) in [7, 11) is 1.34. The van der Waals surface area contributed by atoms with Crippen molar-refractivity contribution in [3.05, 3.63) is 47.7 Å². The molecule has 0 saturated heterocycles. The molecule has 2 heteroatoms. The van der Waals surface area contributed by atoms with Gasteiger partial charge in [-0.2, -0.15) is 0 Å². The maximum atomic E-state index is 11.3. The lowest BCUT2D eigenvalue weighted by Gasteiger charge is -2.03. The Kier molecular flexibility index (Phi) is 3.27. The predicted octanol–water partition coefficient (Wildman–Crippen LogP) is 2.34. The van der Waals surface area contributed by atoms with Gasteiger partial charge in [0.25, 0.3) is 0 Å². The van der Waals surface area contributed by atoms with E-state index in [4.69, 9.17) is 0 Å². The molecular weight excluding hydrogens is 176 g/mol. The smallest absolute Gasteiger partial charge is 0.346 e. The highest BCUT2D eigenvalue weighted by Crippen LogP contribution is 2.15. The molecule has 0 atom stereocenters. The van der Waals surface area contributed by atoms with E-state index in [0.717, 1.165) is 11.1 Å². The lowest BCUT2D eigenvalue weighted by Crippen LogP contribution is -2.02. The minimum Gasteiger partial charge on any atom is -0.465 e. The SMILES string of the molecule is C=C=C(C(=O)OC)c1cccc(C)c1.